The summed E-state index contributed by atoms with van der Waals surface area (Å²) in [5.74, 6) is 0. The summed E-state index contributed by atoms with van der Waals surface area (Å²) in [6.07, 6.45) is 6.78. The van der Waals surface area contributed by atoms with E-state index in [4.69, 9.17) is 0 Å². The predicted molar refractivity (Wildman–Crippen MR) is 87.9 cm³/mol. The Bertz CT molecular complexity index is 431. The van der Waals surface area contributed by atoms with Crippen molar-refractivity contribution in [3.63, 3.8) is 0 Å². The predicted octanol–water partition coefficient (Wildman–Crippen LogP) is 4.12. The second-order valence-corrected chi connectivity index (χ2v) is 7.29. The van der Waals surface area contributed by atoms with E-state index in [1.165, 1.54) is 42.1 Å². The molecule has 1 aromatic carbocycles. The van der Waals surface area contributed by atoms with Gasteiger partial charge in [0.15, 0.2) is 0 Å². The Kier molecular flexibility index (Phi) is 4.49. The van der Waals surface area contributed by atoms with Gasteiger partial charge in [0.1, 0.15) is 0 Å². The van der Waals surface area contributed by atoms with Crippen LogP contribution < -0.4 is 5.32 Å². The number of fused-ring (bicyclic) bond motifs is 2. The minimum absolute atomic E-state index is 0.538. The molecule has 2 heterocycles. The number of hydrogen-bond acceptors (Lipinski definition) is 2. The van der Waals surface area contributed by atoms with Crippen molar-refractivity contribution < 1.29 is 0 Å². The molecule has 2 aliphatic rings. The average Bonchev–Trinajstić information content (AvgIpc) is 2.46. The molecule has 0 aliphatic carbocycles. The molecule has 1 aromatic rings. The summed E-state index contributed by atoms with van der Waals surface area (Å²) in [5, 5.41) is 3.51. The van der Waals surface area contributed by atoms with Crippen LogP contribution in [0.3, 0.4) is 0 Å². The molecule has 3 heteroatoms. The Hall–Kier alpha value is -0.380. The van der Waals surface area contributed by atoms with Crippen LogP contribution in [0.4, 0.5) is 0 Å². The number of benzene rings is 1. The molecule has 1 N–H and O–H groups in total. The summed E-state index contributed by atoms with van der Waals surface area (Å²) >= 11 is 3.53. The van der Waals surface area contributed by atoms with Gasteiger partial charge in [0.25, 0.3) is 0 Å². The molecule has 110 valence electrons. The second-order valence-electron chi connectivity index (χ2n) is 6.37. The summed E-state index contributed by atoms with van der Waals surface area (Å²) in [4.78, 5) is 2.81. The Balaban J connectivity index is 1.80. The van der Waals surface area contributed by atoms with E-state index < -0.39 is 0 Å². The van der Waals surface area contributed by atoms with Gasteiger partial charge in [-0.1, -0.05) is 34.5 Å². The van der Waals surface area contributed by atoms with E-state index in [0.29, 0.717) is 6.04 Å². The Morgan fingerprint density at radius 3 is 2.30 bits per heavy atom. The third-order valence-electron chi connectivity index (χ3n) is 5.24. The molecule has 0 amide bonds. The second kappa shape index (κ2) is 6.17. The highest BCUT2D eigenvalue weighted by Gasteiger charge is 2.40. The first kappa shape index (κ1) is 14.6. The molecule has 2 fully saturated rings. The van der Waals surface area contributed by atoms with Crippen molar-refractivity contribution in [2.24, 2.45) is 0 Å². The Morgan fingerprint density at radius 1 is 1.15 bits per heavy atom. The fourth-order valence-corrected chi connectivity index (χ4v) is 4.46. The normalized spacial score (nSPS) is 32.0. The van der Waals surface area contributed by atoms with Gasteiger partial charge in [-0.15, -0.1) is 0 Å². The zero-order chi connectivity index (χ0) is 14.1. The minimum atomic E-state index is 0.538. The summed E-state index contributed by atoms with van der Waals surface area (Å²) < 4.78 is 1.17. The van der Waals surface area contributed by atoms with Gasteiger partial charge in [-0.05, 0) is 57.4 Å². The lowest BCUT2D eigenvalue weighted by Crippen LogP contribution is -2.56. The van der Waals surface area contributed by atoms with Crippen molar-refractivity contribution in [1.82, 2.24) is 10.2 Å². The maximum Gasteiger partial charge on any atom is 0.0325 e. The summed E-state index contributed by atoms with van der Waals surface area (Å²) in [5.41, 5.74) is 1.45. The van der Waals surface area contributed by atoms with Crippen LogP contribution in [0.5, 0.6) is 0 Å². The molecule has 0 saturated carbocycles. The van der Waals surface area contributed by atoms with Gasteiger partial charge in [0.2, 0.25) is 0 Å². The third-order valence-corrected chi connectivity index (χ3v) is 5.77. The lowest BCUT2D eigenvalue weighted by molar-refractivity contribution is -0.00515. The molecule has 0 aromatic heterocycles. The quantitative estimate of drug-likeness (QED) is 0.893. The van der Waals surface area contributed by atoms with Crippen LogP contribution in [0.2, 0.25) is 0 Å². The van der Waals surface area contributed by atoms with E-state index in [0.717, 1.165) is 18.1 Å². The highest BCUT2D eigenvalue weighted by atomic mass is 79.9. The van der Waals surface area contributed by atoms with E-state index in [1.807, 2.05) is 0 Å². The lowest BCUT2D eigenvalue weighted by Gasteiger charge is -2.51. The van der Waals surface area contributed by atoms with Gasteiger partial charge < -0.3 is 5.32 Å². The monoisotopic (exact) mass is 336 g/mol. The van der Waals surface area contributed by atoms with Crippen LogP contribution in [0.1, 0.15) is 50.6 Å². The van der Waals surface area contributed by atoms with E-state index in [9.17, 15) is 0 Å². The van der Waals surface area contributed by atoms with Crippen molar-refractivity contribution >= 4 is 15.9 Å². The number of hydrogen-bond donors (Lipinski definition) is 1. The van der Waals surface area contributed by atoms with Gasteiger partial charge in [-0.25, -0.2) is 0 Å². The fraction of sp³-hybridized carbons (Fsp3) is 0.647. The molecule has 2 nitrogen and oxygen atoms in total. The van der Waals surface area contributed by atoms with Crippen molar-refractivity contribution in [2.45, 2.75) is 63.2 Å². The van der Waals surface area contributed by atoms with Crippen LogP contribution in [-0.4, -0.2) is 30.1 Å². The van der Waals surface area contributed by atoms with Crippen LogP contribution in [-0.2, 0) is 0 Å². The van der Waals surface area contributed by atoms with Gasteiger partial charge >= 0.3 is 0 Å². The number of nitrogens with one attached hydrogen (secondary N) is 1. The highest BCUT2D eigenvalue weighted by molar-refractivity contribution is 9.10. The van der Waals surface area contributed by atoms with Crippen LogP contribution in [0.25, 0.3) is 0 Å². The summed E-state index contributed by atoms with van der Waals surface area (Å²) in [7, 11) is 2.12. The van der Waals surface area contributed by atoms with Crippen molar-refractivity contribution in [3.05, 3.63) is 34.3 Å². The molecule has 3 rings (SSSR count). The van der Waals surface area contributed by atoms with E-state index in [1.54, 1.807) is 0 Å². The van der Waals surface area contributed by atoms with Crippen LogP contribution in [0, 0.1) is 0 Å². The fourth-order valence-electron chi connectivity index (χ4n) is 4.20. The molecule has 3 unspecified atom stereocenters. The van der Waals surface area contributed by atoms with Gasteiger partial charge in [-0.3, -0.25) is 4.90 Å². The first-order valence-corrected chi connectivity index (χ1v) is 8.68. The number of halogens is 1. The molecular formula is C17H25BrN2. The smallest absolute Gasteiger partial charge is 0.0325 e. The van der Waals surface area contributed by atoms with E-state index in [-0.39, 0.29) is 0 Å². The lowest BCUT2D eigenvalue weighted by atomic mass is 9.80. The maximum absolute atomic E-state index is 3.53. The first-order valence-electron chi connectivity index (χ1n) is 7.89. The molecule has 2 saturated heterocycles. The Morgan fingerprint density at radius 2 is 1.75 bits per heavy atom. The third kappa shape index (κ3) is 2.81. The first-order chi connectivity index (χ1) is 9.69. The molecule has 3 atom stereocenters. The summed E-state index contributed by atoms with van der Waals surface area (Å²) in [6, 6.07) is 11.7. The van der Waals surface area contributed by atoms with E-state index in [2.05, 4.69) is 64.4 Å². The molecular weight excluding hydrogens is 312 g/mol. The molecule has 0 radical (unpaired) electrons. The largest absolute Gasteiger partial charge is 0.317 e. The van der Waals surface area contributed by atoms with Crippen LogP contribution in [0.15, 0.2) is 28.7 Å². The highest BCUT2D eigenvalue weighted by Crippen LogP contribution is 2.39. The minimum Gasteiger partial charge on any atom is -0.317 e. The zero-order valence-corrected chi connectivity index (χ0v) is 14.1. The molecule has 2 aliphatic heterocycles. The maximum atomic E-state index is 3.53. The number of piperidine rings is 2. The van der Waals surface area contributed by atoms with E-state index >= 15 is 0 Å². The standard InChI is InChI=1S/C17H25BrN2/c1-12(13-6-8-14(18)9-7-13)20-16-4-3-5-17(20)11-15(10-16)19-2/h6-9,12,15-17,19H,3-5,10-11H2,1-2H3. The average molecular weight is 337 g/mol. The SMILES string of the molecule is CNC1CC2CCCC(C1)N2C(C)c1ccc(Br)cc1. The number of rotatable bonds is 3. The zero-order valence-electron chi connectivity index (χ0n) is 12.5. The van der Waals surface area contributed by atoms with Crippen molar-refractivity contribution in [3.8, 4) is 0 Å². The number of nitrogens with zero attached hydrogens (tertiary/aromatic N) is 1. The molecule has 2 bridgehead atoms. The topological polar surface area (TPSA) is 15.3 Å². The van der Waals surface area contributed by atoms with Crippen molar-refractivity contribution in [2.75, 3.05) is 7.05 Å². The Labute approximate surface area is 131 Å². The van der Waals surface area contributed by atoms with Crippen LogP contribution >= 0.6 is 15.9 Å². The summed E-state index contributed by atoms with van der Waals surface area (Å²) in [6.45, 7) is 2.38. The van der Waals surface area contributed by atoms with Crippen molar-refractivity contribution in [1.29, 1.82) is 0 Å². The molecule has 0 spiro atoms. The molecule has 20 heavy (non-hydrogen) atoms. The van der Waals surface area contributed by atoms with Gasteiger partial charge in [0.05, 0.1) is 0 Å². The van der Waals surface area contributed by atoms with Gasteiger partial charge in [0, 0.05) is 28.6 Å². The van der Waals surface area contributed by atoms with Gasteiger partial charge in [-0.2, -0.15) is 0 Å².